The fraction of sp³-hybridized carbons (Fsp3) is 0.333. The predicted octanol–water partition coefficient (Wildman–Crippen LogP) is 1.02. The minimum atomic E-state index is -0.487. The van der Waals surface area contributed by atoms with Crippen molar-refractivity contribution in [1.29, 1.82) is 0 Å². The van der Waals surface area contributed by atoms with Crippen molar-refractivity contribution in [3.05, 3.63) is 24.2 Å². The minimum Gasteiger partial charge on any atom is -0.389 e. The van der Waals surface area contributed by atoms with Gasteiger partial charge in [-0.15, -0.1) is 0 Å². The van der Waals surface area contributed by atoms with Crippen molar-refractivity contribution in [2.75, 3.05) is 0 Å². The van der Waals surface area contributed by atoms with Crippen LogP contribution in [-0.4, -0.2) is 19.6 Å². The topological polar surface area (TPSA) is 50.9 Å². The maximum atomic E-state index is 9.32. The molecule has 0 aliphatic heterocycles. The summed E-state index contributed by atoms with van der Waals surface area (Å²) < 4.78 is 1.85. The summed E-state index contributed by atoms with van der Waals surface area (Å²) in [5.74, 6) is 0. The van der Waals surface area contributed by atoms with Crippen LogP contribution in [0.2, 0.25) is 0 Å². The molecule has 0 aliphatic carbocycles. The largest absolute Gasteiger partial charge is 0.389 e. The number of aliphatic hydroxyl groups is 1. The Bertz CT molecular complexity index is 433. The Balaban J connectivity index is 2.63. The number of aliphatic hydroxyl groups excluding tert-OH is 1. The van der Waals surface area contributed by atoms with E-state index in [-0.39, 0.29) is 0 Å². The highest BCUT2D eigenvalue weighted by atomic mass is 16.3. The molecule has 0 saturated heterocycles. The van der Waals surface area contributed by atoms with Gasteiger partial charge in [0.25, 0.3) is 0 Å². The molecule has 13 heavy (non-hydrogen) atoms. The standard InChI is InChI=1S/C9H11N3O/c1-6(13)7-3-8-9(10-4-7)12(2)5-11-8/h3-6,13H,1-2H3. The second kappa shape index (κ2) is 2.81. The summed E-state index contributed by atoms with van der Waals surface area (Å²) in [5, 5.41) is 9.32. The van der Waals surface area contributed by atoms with Crippen LogP contribution in [-0.2, 0) is 7.05 Å². The van der Waals surface area contributed by atoms with Gasteiger partial charge in [0.15, 0.2) is 5.65 Å². The Labute approximate surface area is 75.9 Å². The molecule has 2 heterocycles. The highest BCUT2D eigenvalue weighted by molar-refractivity contribution is 5.71. The van der Waals surface area contributed by atoms with Gasteiger partial charge in [-0.1, -0.05) is 0 Å². The van der Waals surface area contributed by atoms with Crippen molar-refractivity contribution in [3.8, 4) is 0 Å². The SMILES string of the molecule is CC(O)c1cnc2c(c1)ncn2C. The van der Waals surface area contributed by atoms with Crippen LogP contribution in [0.4, 0.5) is 0 Å². The highest BCUT2D eigenvalue weighted by Gasteiger charge is 2.05. The third-order valence-electron chi connectivity index (χ3n) is 2.05. The van der Waals surface area contributed by atoms with Gasteiger partial charge in [0.2, 0.25) is 0 Å². The van der Waals surface area contributed by atoms with Gasteiger partial charge in [0.1, 0.15) is 5.52 Å². The lowest BCUT2D eigenvalue weighted by atomic mass is 10.2. The quantitative estimate of drug-likeness (QED) is 0.707. The number of aromatic nitrogens is 3. The minimum absolute atomic E-state index is 0.487. The Kier molecular flexibility index (Phi) is 1.77. The molecule has 4 nitrogen and oxygen atoms in total. The average molecular weight is 177 g/mol. The van der Waals surface area contributed by atoms with E-state index in [4.69, 9.17) is 0 Å². The van der Waals surface area contributed by atoms with Crippen LogP contribution in [0.25, 0.3) is 11.2 Å². The van der Waals surface area contributed by atoms with E-state index >= 15 is 0 Å². The van der Waals surface area contributed by atoms with Gasteiger partial charge in [-0.05, 0) is 13.0 Å². The molecular weight excluding hydrogens is 166 g/mol. The van der Waals surface area contributed by atoms with Crippen molar-refractivity contribution >= 4 is 11.2 Å². The second-order valence-electron chi connectivity index (χ2n) is 3.14. The average Bonchev–Trinajstić information content (AvgIpc) is 2.47. The van der Waals surface area contributed by atoms with Crippen LogP contribution in [0, 0.1) is 0 Å². The van der Waals surface area contributed by atoms with E-state index in [0.29, 0.717) is 0 Å². The summed E-state index contributed by atoms with van der Waals surface area (Å²) in [5.41, 5.74) is 2.46. The summed E-state index contributed by atoms with van der Waals surface area (Å²) >= 11 is 0. The Morgan fingerprint density at radius 3 is 2.92 bits per heavy atom. The van der Waals surface area contributed by atoms with E-state index in [1.807, 2.05) is 17.7 Å². The summed E-state index contributed by atoms with van der Waals surface area (Å²) in [6.07, 6.45) is 2.90. The molecule has 1 unspecified atom stereocenters. The zero-order chi connectivity index (χ0) is 9.42. The first-order chi connectivity index (χ1) is 6.18. The van der Waals surface area contributed by atoms with Gasteiger partial charge in [-0.3, -0.25) is 0 Å². The van der Waals surface area contributed by atoms with Crippen molar-refractivity contribution < 1.29 is 5.11 Å². The molecule has 2 aromatic rings. The van der Waals surface area contributed by atoms with E-state index in [1.54, 1.807) is 19.4 Å². The Hall–Kier alpha value is -1.42. The van der Waals surface area contributed by atoms with Crippen molar-refractivity contribution in [2.24, 2.45) is 7.05 Å². The lowest BCUT2D eigenvalue weighted by Gasteiger charge is -2.02. The van der Waals surface area contributed by atoms with Crippen molar-refractivity contribution in [2.45, 2.75) is 13.0 Å². The number of imidazole rings is 1. The zero-order valence-electron chi connectivity index (χ0n) is 7.60. The summed E-state index contributed by atoms with van der Waals surface area (Å²) in [7, 11) is 1.89. The maximum absolute atomic E-state index is 9.32. The number of aryl methyl sites for hydroxylation is 1. The molecule has 0 radical (unpaired) electrons. The first kappa shape index (κ1) is 8.19. The number of pyridine rings is 1. The molecule has 0 fully saturated rings. The molecule has 0 aromatic carbocycles. The van der Waals surface area contributed by atoms with Crippen LogP contribution in [0.1, 0.15) is 18.6 Å². The van der Waals surface area contributed by atoms with Crippen molar-refractivity contribution in [1.82, 2.24) is 14.5 Å². The smallest absolute Gasteiger partial charge is 0.159 e. The number of fused-ring (bicyclic) bond motifs is 1. The lowest BCUT2D eigenvalue weighted by molar-refractivity contribution is 0.199. The fourth-order valence-corrected chi connectivity index (χ4v) is 1.26. The molecule has 1 N–H and O–H groups in total. The summed E-state index contributed by atoms with van der Waals surface area (Å²) in [6.45, 7) is 1.71. The molecule has 0 saturated carbocycles. The normalized spacial score (nSPS) is 13.5. The van der Waals surface area contributed by atoms with Crippen LogP contribution in [0.15, 0.2) is 18.6 Å². The van der Waals surface area contributed by atoms with Crippen molar-refractivity contribution in [3.63, 3.8) is 0 Å². The molecule has 0 bridgehead atoms. The number of rotatable bonds is 1. The van der Waals surface area contributed by atoms with Gasteiger partial charge >= 0.3 is 0 Å². The van der Waals surface area contributed by atoms with Gasteiger partial charge in [0, 0.05) is 18.8 Å². The Morgan fingerprint density at radius 1 is 1.46 bits per heavy atom. The molecule has 1 atom stereocenters. The van der Waals surface area contributed by atoms with Gasteiger partial charge < -0.3 is 9.67 Å². The maximum Gasteiger partial charge on any atom is 0.159 e. The molecule has 2 rings (SSSR count). The van der Waals surface area contributed by atoms with E-state index in [9.17, 15) is 5.11 Å². The molecule has 0 spiro atoms. The number of nitrogens with zero attached hydrogens (tertiary/aromatic N) is 3. The van der Waals surface area contributed by atoms with E-state index in [1.165, 1.54) is 0 Å². The Morgan fingerprint density at radius 2 is 2.23 bits per heavy atom. The van der Waals surface area contributed by atoms with Crippen LogP contribution in [0.5, 0.6) is 0 Å². The number of hydrogen-bond donors (Lipinski definition) is 1. The third kappa shape index (κ3) is 1.29. The summed E-state index contributed by atoms with van der Waals surface area (Å²) in [6, 6.07) is 1.85. The predicted molar refractivity (Wildman–Crippen MR) is 49.1 cm³/mol. The van der Waals surface area contributed by atoms with Gasteiger partial charge in [0.05, 0.1) is 12.4 Å². The fourth-order valence-electron chi connectivity index (χ4n) is 1.26. The second-order valence-corrected chi connectivity index (χ2v) is 3.14. The van der Waals surface area contributed by atoms with E-state index in [2.05, 4.69) is 9.97 Å². The van der Waals surface area contributed by atoms with Crippen LogP contribution < -0.4 is 0 Å². The summed E-state index contributed by atoms with van der Waals surface area (Å²) in [4.78, 5) is 8.35. The zero-order valence-corrected chi connectivity index (χ0v) is 7.60. The lowest BCUT2D eigenvalue weighted by Crippen LogP contribution is -1.93. The first-order valence-electron chi connectivity index (χ1n) is 4.13. The van der Waals surface area contributed by atoms with Gasteiger partial charge in [-0.2, -0.15) is 0 Å². The molecular formula is C9H11N3O. The van der Waals surface area contributed by atoms with E-state index in [0.717, 1.165) is 16.7 Å². The first-order valence-corrected chi connectivity index (χ1v) is 4.13. The van der Waals surface area contributed by atoms with Crippen LogP contribution >= 0.6 is 0 Å². The third-order valence-corrected chi connectivity index (χ3v) is 2.05. The monoisotopic (exact) mass is 177 g/mol. The molecule has 2 aromatic heterocycles. The highest BCUT2D eigenvalue weighted by Crippen LogP contribution is 2.15. The molecule has 4 heteroatoms. The molecule has 0 aliphatic rings. The number of hydrogen-bond acceptors (Lipinski definition) is 3. The molecule has 68 valence electrons. The van der Waals surface area contributed by atoms with E-state index < -0.39 is 6.10 Å². The van der Waals surface area contributed by atoms with Crippen LogP contribution in [0.3, 0.4) is 0 Å². The molecule has 0 amide bonds. The van der Waals surface area contributed by atoms with Gasteiger partial charge in [-0.25, -0.2) is 9.97 Å².